The molecule has 0 aliphatic heterocycles. The molecule has 3 nitrogen and oxygen atoms in total. The Balaban J connectivity index is 2.11. The number of aliphatic carboxylic acids is 1. The van der Waals surface area contributed by atoms with Gasteiger partial charge in [-0.05, 0) is 43.3 Å². The number of nitrogens with zero attached hydrogens (tertiary/aromatic N) is 1. The minimum atomic E-state index is -0.700. The molecule has 0 bridgehead atoms. The third-order valence-corrected chi connectivity index (χ3v) is 4.18. The highest BCUT2D eigenvalue weighted by Gasteiger charge is 2.32. The van der Waals surface area contributed by atoms with E-state index in [4.69, 9.17) is 0 Å². The summed E-state index contributed by atoms with van der Waals surface area (Å²) < 4.78 is 0. The summed E-state index contributed by atoms with van der Waals surface area (Å²) in [6, 6.07) is -0.0441. The number of hydrogen-bond donors (Lipinski definition) is 1. The summed E-state index contributed by atoms with van der Waals surface area (Å²) in [6.07, 6.45) is 12.2. The quantitative estimate of drug-likeness (QED) is 0.845. The maximum absolute atomic E-state index is 11.2. The molecule has 3 unspecified atom stereocenters. The molecule has 1 fully saturated rings. The number of carboxylic acids is 1. The molecule has 0 aromatic rings. The normalized spacial score (nSPS) is 33.0. The van der Waals surface area contributed by atoms with Crippen molar-refractivity contribution in [3.63, 3.8) is 0 Å². The highest BCUT2D eigenvalue weighted by Crippen LogP contribution is 2.29. The van der Waals surface area contributed by atoms with Crippen LogP contribution < -0.4 is 0 Å². The predicted molar refractivity (Wildman–Crippen MR) is 77.4 cm³/mol. The molecule has 2 rings (SSSR count). The second kappa shape index (κ2) is 6.18. The summed E-state index contributed by atoms with van der Waals surface area (Å²) in [4.78, 5) is 15.8. The molecule has 1 saturated carbocycles. The Hall–Kier alpha value is -1.38. The van der Waals surface area contributed by atoms with E-state index in [2.05, 4.69) is 37.1 Å². The van der Waals surface area contributed by atoms with Gasteiger partial charge in [-0.25, -0.2) is 0 Å². The predicted octanol–water partition coefficient (Wildman–Crippen LogP) is 3.47. The van der Waals surface area contributed by atoms with E-state index in [-0.39, 0.29) is 12.0 Å². The fourth-order valence-electron chi connectivity index (χ4n) is 2.86. The first-order valence-electron chi connectivity index (χ1n) is 7.23. The molecule has 0 spiro atoms. The van der Waals surface area contributed by atoms with E-state index in [1.165, 1.54) is 0 Å². The van der Waals surface area contributed by atoms with Gasteiger partial charge in [0, 0.05) is 0 Å². The molecular formula is C16H23NO2. The van der Waals surface area contributed by atoms with Crippen LogP contribution >= 0.6 is 0 Å². The lowest BCUT2D eigenvalue weighted by Gasteiger charge is -2.13. The van der Waals surface area contributed by atoms with Gasteiger partial charge in [-0.2, -0.15) is 0 Å². The van der Waals surface area contributed by atoms with Crippen molar-refractivity contribution in [3.8, 4) is 0 Å². The molecule has 19 heavy (non-hydrogen) atoms. The first kappa shape index (κ1) is 14.0. The maximum atomic E-state index is 11.2. The van der Waals surface area contributed by atoms with Crippen LogP contribution in [0.15, 0.2) is 29.3 Å². The largest absolute Gasteiger partial charge is 0.481 e. The van der Waals surface area contributed by atoms with Crippen molar-refractivity contribution >= 4 is 11.7 Å². The number of carboxylic acid groups (broad SMARTS) is 1. The van der Waals surface area contributed by atoms with Crippen LogP contribution in [0.1, 0.15) is 39.5 Å². The average molecular weight is 261 g/mol. The second-order valence-electron chi connectivity index (χ2n) is 5.90. The van der Waals surface area contributed by atoms with Crippen molar-refractivity contribution in [1.29, 1.82) is 0 Å². The number of carbonyl (C=O) groups is 1. The Morgan fingerprint density at radius 3 is 2.84 bits per heavy atom. The van der Waals surface area contributed by atoms with Crippen molar-refractivity contribution in [1.82, 2.24) is 0 Å². The van der Waals surface area contributed by atoms with Gasteiger partial charge >= 0.3 is 5.97 Å². The third-order valence-electron chi connectivity index (χ3n) is 4.18. The zero-order valence-corrected chi connectivity index (χ0v) is 11.7. The van der Waals surface area contributed by atoms with Crippen molar-refractivity contribution in [2.24, 2.45) is 22.7 Å². The summed E-state index contributed by atoms with van der Waals surface area (Å²) in [5.74, 6) is 0.188. The Bertz CT molecular complexity index is 420. The molecule has 2 aliphatic rings. The second-order valence-corrected chi connectivity index (χ2v) is 5.90. The Morgan fingerprint density at radius 2 is 2.16 bits per heavy atom. The van der Waals surface area contributed by atoms with Crippen LogP contribution in [0.5, 0.6) is 0 Å². The fourth-order valence-corrected chi connectivity index (χ4v) is 2.86. The molecule has 0 aromatic heterocycles. The van der Waals surface area contributed by atoms with E-state index in [0.29, 0.717) is 11.8 Å². The van der Waals surface area contributed by atoms with Gasteiger partial charge in [0.2, 0.25) is 0 Å². The zero-order chi connectivity index (χ0) is 13.8. The van der Waals surface area contributed by atoms with E-state index in [1.54, 1.807) is 0 Å². The first-order chi connectivity index (χ1) is 9.08. The molecule has 3 atom stereocenters. The zero-order valence-electron chi connectivity index (χ0n) is 11.7. The monoisotopic (exact) mass is 261 g/mol. The van der Waals surface area contributed by atoms with E-state index in [1.807, 2.05) is 6.08 Å². The van der Waals surface area contributed by atoms with Gasteiger partial charge in [-0.3, -0.25) is 9.79 Å². The van der Waals surface area contributed by atoms with Crippen molar-refractivity contribution in [2.75, 3.05) is 0 Å². The van der Waals surface area contributed by atoms with Gasteiger partial charge < -0.3 is 5.11 Å². The van der Waals surface area contributed by atoms with Crippen LogP contribution in [0.25, 0.3) is 0 Å². The molecular weight excluding hydrogens is 238 g/mol. The highest BCUT2D eigenvalue weighted by atomic mass is 16.4. The van der Waals surface area contributed by atoms with E-state index in [9.17, 15) is 9.90 Å². The molecule has 104 valence electrons. The van der Waals surface area contributed by atoms with Gasteiger partial charge in [0.05, 0.1) is 17.7 Å². The average Bonchev–Trinajstić information content (AvgIpc) is 2.67. The molecule has 0 saturated heterocycles. The molecule has 0 radical (unpaired) electrons. The lowest BCUT2D eigenvalue weighted by molar-refractivity contribution is -0.141. The summed E-state index contributed by atoms with van der Waals surface area (Å²) in [7, 11) is 0. The summed E-state index contributed by atoms with van der Waals surface area (Å²) in [5, 5.41) is 9.18. The van der Waals surface area contributed by atoms with Gasteiger partial charge in [-0.1, -0.05) is 32.4 Å². The van der Waals surface area contributed by atoms with Crippen molar-refractivity contribution in [3.05, 3.63) is 24.3 Å². The summed E-state index contributed by atoms with van der Waals surface area (Å²) in [6.45, 7) is 4.45. The number of rotatable bonds is 3. The highest BCUT2D eigenvalue weighted by molar-refractivity contribution is 6.04. The molecule has 0 aromatic carbocycles. The first-order valence-corrected chi connectivity index (χ1v) is 7.23. The summed E-state index contributed by atoms with van der Waals surface area (Å²) in [5.41, 5.74) is 0.932. The van der Waals surface area contributed by atoms with E-state index < -0.39 is 5.97 Å². The summed E-state index contributed by atoms with van der Waals surface area (Å²) >= 11 is 0. The lowest BCUT2D eigenvalue weighted by Crippen LogP contribution is -2.22. The van der Waals surface area contributed by atoms with E-state index >= 15 is 0 Å². The standard InChI is InChI=1S/C16H23NO2/c1-11(2)12-5-3-6-13(10-9-12)17-15-8-4-7-14(15)16(18)19/h3,6,9-12,14-15H,4-5,7-8H2,1-2H3,(H,18,19). The molecule has 2 aliphatic carbocycles. The van der Waals surface area contributed by atoms with Crippen LogP contribution in [0.3, 0.4) is 0 Å². The Morgan fingerprint density at radius 1 is 1.37 bits per heavy atom. The third kappa shape index (κ3) is 3.55. The van der Waals surface area contributed by atoms with Gasteiger partial charge in [0.15, 0.2) is 0 Å². The van der Waals surface area contributed by atoms with Crippen LogP contribution in [0.2, 0.25) is 0 Å². The molecule has 1 N–H and O–H groups in total. The topological polar surface area (TPSA) is 49.7 Å². The minimum Gasteiger partial charge on any atom is -0.481 e. The fraction of sp³-hybridized carbons (Fsp3) is 0.625. The van der Waals surface area contributed by atoms with E-state index in [0.717, 1.165) is 31.4 Å². The molecule has 0 amide bonds. The number of hydrogen-bond acceptors (Lipinski definition) is 2. The van der Waals surface area contributed by atoms with Crippen LogP contribution in [-0.4, -0.2) is 22.8 Å². The smallest absolute Gasteiger partial charge is 0.308 e. The lowest BCUT2D eigenvalue weighted by atomic mass is 9.93. The molecule has 0 heterocycles. The Kier molecular flexibility index (Phi) is 4.56. The number of aliphatic imine (C=N–C) groups is 1. The van der Waals surface area contributed by atoms with Gasteiger partial charge in [0.1, 0.15) is 0 Å². The van der Waals surface area contributed by atoms with Crippen LogP contribution in [0.4, 0.5) is 0 Å². The van der Waals surface area contributed by atoms with Crippen LogP contribution in [0, 0.1) is 17.8 Å². The molecule has 3 heteroatoms. The Labute approximate surface area is 115 Å². The maximum Gasteiger partial charge on any atom is 0.308 e. The van der Waals surface area contributed by atoms with Crippen LogP contribution in [-0.2, 0) is 4.79 Å². The van der Waals surface area contributed by atoms with Gasteiger partial charge in [0.25, 0.3) is 0 Å². The number of allylic oxidation sites excluding steroid dienone is 4. The van der Waals surface area contributed by atoms with Crippen molar-refractivity contribution in [2.45, 2.75) is 45.6 Å². The minimum absolute atomic E-state index is 0.0441. The van der Waals surface area contributed by atoms with Gasteiger partial charge in [-0.15, -0.1) is 0 Å². The van der Waals surface area contributed by atoms with Crippen molar-refractivity contribution < 1.29 is 9.90 Å². The SMILES string of the molecule is CC(C)C1C=CC(=NC2CCCC2C(=O)O)C=CC1.